The number of para-hydroxylation sites is 1. The molecular formula is C22H24N2O6S. The molecule has 0 aliphatic carbocycles. The Morgan fingerprint density at radius 3 is 2.35 bits per heavy atom. The fraction of sp³-hybridized carbons (Fsp3) is 0.318. The third kappa shape index (κ3) is 4.32. The molecule has 1 aromatic heterocycles. The van der Waals surface area contributed by atoms with Gasteiger partial charge in [0.15, 0.2) is 16.7 Å². The van der Waals surface area contributed by atoms with Crippen molar-refractivity contribution in [2.24, 2.45) is 0 Å². The Labute approximate surface area is 184 Å². The van der Waals surface area contributed by atoms with E-state index in [-0.39, 0.29) is 23.9 Å². The van der Waals surface area contributed by atoms with Crippen LogP contribution in [0.2, 0.25) is 0 Å². The van der Waals surface area contributed by atoms with E-state index in [9.17, 15) is 9.59 Å². The zero-order valence-electron chi connectivity index (χ0n) is 18.0. The number of carbonyl (C=O) groups is 1. The van der Waals surface area contributed by atoms with Crippen LogP contribution in [0, 0.1) is 0 Å². The zero-order valence-corrected chi connectivity index (χ0v) is 18.8. The number of thioether (sulfide) groups is 1. The van der Waals surface area contributed by atoms with Crippen molar-refractivity contribution in [2.45, 2.75) is 24.3 Å². The first-order valence-corrected chi connectivity index (χ1v) is 10.5. The third-order valence-electron chi connectivity index (χ3n) is 4.55. The molecule has 1 atom stereocenters. The maximum absolute atomic E-state index is 13.6. The predicted octanol–water partition coefficient (Wildman–Crippen LogP) is 3.46. The van der Waals surface area contributed by atoms with E-state index in [4.69, 9.17) is 23.9 Å². The molecule has 9 heteroatoms. The van der Waals surface area contributed by atoms with Crippen molar-refractivity contribution in [1.29, 1.82) is 0 Å². The van der Waals surface area contributed by atoms with Gasteiger partial charge in [0.2, 0.25) is 5.75 Å². The van der Waals surface area contributed by atoms with Crippen LogP contribution in [0.4, 0.5) is 0 Å². The second-order valence-electron chi connectivity index (χ2n) is 6.42. The molecule has 0 aliphatic heterocycles. The monoisotopic (exact) mass is 444 g/mol. The number of hydrogen-bond donors (Lipinski definition) is 0. The van der Waals surface area contributed by atoms with Gasteiger partial charge < -0.3 is 18.9 Å². The standard InChI is InChI=1S/C22H24N2O6S/c1-6-30-21(26)13(2)31-22-23-17-15(12-16(27-3)18(28-4)19(17)29-5)20(25)24(22)14-10-8-7-9-11-14/h7-13H,6H2,1-5H3/t13-/m0/s1. The number of nitrogens with zero attached hydrogens (tertiary/aromatic N) is 2. The van der Waals surface area contributed by atoms with Gasteiger partial charge in [-0.05, 0) is 32.0 Å². The second-order valence-corrected chi connectivity index (χ2v) is 7.73. The molecule has 0 amide bonds. The largest absolute Gasteiger partial charge is 0.493 e. The maximum Gasteiger partial charge on any atom is 0.319 e. The molecule has 2 aromatic carbocycles. The summed E-state index contributed by atoms with van der Waals surface area (Å²) in [6.45, 7) is 3.72. The number of rotatable bonds is 8. The molecule has 0 saturated heterocycles. The average Bonchev–Trinajstić information content (AvgIpc) is 2.78. The topological polar surface area (TPSA) is 88.9 Å². The van der Waals surface area contributed by atoms with E-state index in [0.717, 1.165) is 11.8 Å². The summed E-state index contributed by atoms with van der Waals surface area (Å²) in [6, 6.07) is 10.7. The molecule has 0 spiro atoms. The number of benzene rings is 2. The molecule has 0 saturated carbocycles. The molecule has 1 heterocycles. The van der Waals surface area contributed by atoms with Crippen LogP contribution in [0.5, 0.6) is 17.2 Å². The highest BCUT2D eigenvalue weighted by Gasteiger charge is 2.25. The van der Waals surface area contributed by atoms with Gasteiger partial charge in [-0.15, -0.1) is 0 Å². The van der Waals surface area contributed by atoms with Crippen LogP contribution < -0.4 is 19.8 Å². The fourth-order valence-corrected chi connectivity index (χ4v) is 4.04. The van der Waals surface area contributed by atoms with Gasteiger partial charge in [0.05, 0.1) is 39.0 Å². The molecule has 0 bridgehead atoms. The molecule has 3 aromatic rings. The number of ether oxygens (including phenoxy) is 4. The molecule has 0 N–H and O–H groups in total. The van der Waals surface area contributed by atoms with Crippen LogP contribution in [-0.2, 0) is 9.53 Å². The van der Waals surface area contributed by atoms with Crippen molar-refractivity contribution in [3.05, 3.63) is 46.8 Å². The molecule has 164 valence electrons. The van der Waals surface area contributed by atoms with Crippen LogP contribution in [-0.4, -0.2) is 48.7 Å². The summed E-state index contributed by atoms with van der Waals surface area (Å²) in [4.78, 5) is 30.5. The highest BCUT2D eigenvalue weighted by atomic mass is 32.2. The molecule has 31 heavy (non-hydrogen) atoms. The van der Waals surface area contributed by atoms with E-state index in [1.54, 1.807) is 32.0 Å². The minimum atomic E-state index is -0.578. The molecule has 0 radical (unpaired) electrons. The van der Waals surface area contributed by atoms with E-state index in [1.807, 2.05) is 18.2 Å². The molecule has 3 rings (SSSR count). The van der Waals surface area contributed by atoms with Crippen molar-refractivity contribution in [2.75, 3.05) is 27.9 Å². The van der Waals surface area contributed by atoms with Crippen molar-refractivity contribution in [3.8, 4) is 22.9 Å². The molecule has 0 fully saturated rings. The first-order chi connectivity index (χ1) is 15.0. The summed E-state index contributed by atoms with van der Waals surface area (Å²) in [5.41, 5.74) is 0.610. The number of fused-ring (bicyclic) bond motifs is 1. The van der Waals surface area contributed by atoms with E-state index < -0.39 is 5.25 Å². The van der Waals surface area contributed by atoms with Crippen LogP contribution in [0.1, 0.15) is 13.8 Å². The first kappa shape index (κ1) is 22.5. The quantitative estimate of drug-likeness (QED) is 0.297. The Kier molecular flexibility index (Phi) is 7.06. The summed E-state index contributed by atoms with van der Waals surface area (Å²) in [5, 5.41) is 0.0478. The molecular weight excluding hydrogens is 420 g/mol. The van der Waals surface area contributed by atoms with Gasteiger partial charge in [-0.25, -0.2) is 4.98 Å². The molecule has 0 unspecified atom stereocenters. The van der Waals surface area contributed by atoms with Gasteiger partial charge in [-0.3, -0.25) is 14.2 Å². The molecule has 0 aliphatic rings. The summed E-state index contributed by atoms with van der Waals surface area (Å²) in [6.07, 6.45) is 0. The fourth-order valence-electron chi connectivity index (χ4n) is 3.12. The van der Waals surface area contributed by atoms with Crippen LogP contribution in [0.3, 0.4) is 0 Å². The van der Waals surface area contributed by atoms with E-state index >= 15 is 0 Å². The molecule has 8 nitrogen and oxygen atoms in total. The number of esters is 1. The van der Waals surface area contributed by atoms with Gasteiger partial charge >= 0.3 is 5.97 Å². The average molecular weight is 445 g/mol. The van der Waals surface area contributed by atoms with Crippen LogP contribution >= 0.6 is 11.8 Å². The first-order valence-electron chi connectivity index (χ1n) is 9.61. The minimum Gasteiger partial charge on any atom is -0.493 e. The Balaban J connectivity index is 2.34. The van der Waals surface area contributed by atoms with Gasteiger partial charge in [-0.2, -0.15) is 0 Å². The van der Waals surface area contributed by atoms with Crippen molar-refractivity contribution < 1.29 is 23.7 Å². The Morgan fingerprint density at radius 2 is 1.77 bits per heavy atom. The number of aromatic nitrogens is 2. The minimum absolute atomic E-state index is 0.269. The lowest BCUT2D eigenvalue weighted by atomic mass is 10.2. The van der Waals surface area contributed by atoms with Gasteiger partial charge in [0.1, 0.15) is 10.8 Å². The van der Waals surface area contributed by atoms with Crippen molar-refractivity contribution in [1.82, 2.24) is 9.55 Å². The highest BCUT2D eigenvalue weighted by Crippen LogP contribution is 2.42. The summed E-state index contributed by atoms with van der Waals surface area (Å²) < 4.78 is 22.9. The van der Waals surface area contributed by atoms with Gasteiger partial charge in [0.25, 0.3) is 5.56 Å². The van der Waals surface area contributed by atoms with Crippen LogP contribution in [0.15, 0.2) is 46.3 Å². The van der Waals surface area contributed by atoms with Gasteiger partial charge in [0, 0.05) is 0 Å². The highest BCUT2D eigenvalue weighted by molar-refractivity contribution is 8.00. The SMILES string of the molecule is CCOC(=O)[C@H](C)Sc1nc2c(OC)c(OC)c(OC)cc2c(=O)n1-c1ccccc1. The lowest BCUT2D eigenvalue weighted by Crippen LogP contribution is -2.24. The second kappa shape index (κ2) is 9.74. The lowest BCUT2D eigenvalue weighted by Gasteiger charge is -2.18. The Morgan fingerprint density at radius 1 is 1.10 bits per heavy atom. The Hall–Kier alpha value is -3.20. The van der Waals surface area contributed by atoms with E-state index in [2.05, 4.69) is 0 Å². The van der Waals surface area contributed by atoms with Crippen molar-refractivity contribution >= 4 is 28.6 Å². The normalized spacial score (nSPS) is 11.8. The number of carbonyl (C=O) groups excluding carboxylic acids is 1. The summed E-state index contributed by atoms with van der Waals surface area (Å²) >= 11 is 1.13. The summed E-state index contributed by atoms with van der Waals surface area (Å²) in [7, 11) is 4.43. The van der Waals surface area contributed by atoms with Crippen LogP contribution in [0.25, 0.3) is 16.6 Å². The van der Waals surface area contributed by atoms with E-state index in [1.165, 1.54) is 25.9 Å². The van der Waals surface area contributed by atoms with E-state index in [0.29, 0.717) is 33.2 Å². The Bertz CT molecular complexity index is 1150. The predicted molar refractivity (Wildman–Crippen MR) is 119 cm³/mol. The van der Waals surface area contributed by atoms with Crippen molar-refractivity contribution in [3.63, 3.8) is 0 Å². The smallest absolute Gasteiger partial charge is 0.319 e. The third-order valence-corrected chi connectivity index (χ3v) is 5.58. The zero-order chi connectivity index (χ0) is 22.5. The lowest BCUT2D eigenvalue weighted by molar-refractivity contribution is -0.142. The summed E-state index contributed by atoms with van der Waals surface area (Å²) in [5.74, 6) is 0.572. The number of methoxy groups -OCH3 is 3. The number of hydrogen-bond acceptors (Lipinski definition) is 8. The van der Waals surface area contributed by atoms with Gasteiger partial charge in [-0.1, -0.05) is 30.0 Å². The maximum atomic E-state index is 13.6.